The molecule has 1 aromatic heterocycles. The first-order chi connectivity index (χ1) is 9.61. The molecule has 0 saturated heterocycles. The summed E-state index contributed by atoms with van der Waals surface area (Å²) in [5.41, 5.74) is 3.82. The quantitative estimate of drug-likeness (QED) is 0.637. The zero-order valence-electron chi connectivity index (χ0n) is 10.9. The molecule has 0 saturated carbocycles. The van der Waals surface area contributed by atoms with Crippen LogP contribution < -0.4 is 0 Å². The highest BCUT2D eigenvalue weighted by molar-refractivity contribution is 6.36. The standard InChI is InChI=1S/C16H12Cl2N2/c1-3-15-13-6-4-5-12(16(13)19-20(15)2)11-8-7-10(17)9-14(11)18/h3-9H,1H2,2H3. The smallest absolute Gasteiger partial charge is 0.101 e. The van der Waals surface area contributed by atoms with Gasteiger partial charge in [0, 0.05) is 33.6 Å². The van der Waals surface area contributed by atoms with Crippen molar-refractivity contribution in [2.45, 2.75) is 0 Å². The van der Waals surface area contributed by atoms with E-state index >= 15 is 0 Å². The molecule has 0 aliphatic carbocycles. The molecule has 0 unspecified atom stereocenters. The van der Waals surface area contributed by atoms with Crippen molar-refractivity contribution in [2.75, 3.05) is 0 Å². The van der Waals surface area contributed by atoms with Crippen molar-refractivity contribution in [3.63, 3.8) is 0 Å². The number of aromatic nitrogens is 2. The minimum Gasteiger partial charge on any atom is -0.267 e. The molecule has 0 aliphatic rings. The van der Waals surface area contributed by atoms with Gasteiger partial charge in [-0.25, -0.2) is 0 Å². The van der Waals surface area contributed by atoms with Crippen molar-refractivity contribution in [3.05, 3.63) is 58.7 Å². The summed E-state index contributed by atoms with van der Waals surface area (Å²) in [4.78, 5) is 0. The number of hydrogen-bond donors (Lipinski definition) is 0. The maximum atomic E-state index is 6.31. The molecule has 2 aromatic carbocycles. The van der Waals surface area contributed by atoms with Crippen LogP contribution in [0.15, 0.2) is 43.0 Å². The van der Waals surface area contributed by atoms with Gasteiger partial charge in [-0.2, -0.15) is 5.10 Å². The van der Waals surface area contributed by atoms with Crippen LogP contribution >= 0.6 is 23.2 Å². The number of fused-ring (bicyclic) bond motifs is 1. The van der Waals surface area contributed by atoms with E-state index < -0.39 is 0 Å². The second kappa shape index (κ2) is 4.97. The van der Waals surface area contributed by atoms with Gasteiger partial charge >= 0.3 is 0 Å². The Labute approximate surface area is 127 Å². The second-order valence-electron chi connectivity index (χ2n) is 4.54. The molecule has 0 bridgehead atoms. The Bertz CT molecular complexity index is 819. The third-order valence-corrected chi connectivity index (χ3v) is 3.87. The van der Waals surface area contributed by atoms with Crippen molar-refractivity contribution < 1.29 is 0 Å². The van der Waals surface area contributed by atoms with Crippen molar-refractivity contribution in [1.29, 1.82) is 0 Å². The molecule has 0 amide bonds. The van der Waals surface area contributed by atoms with Gasteiger partial charge in [-0.05, 0) is 18.2 Å². The van der Waals surface area contributed by atoms with Gasteiger partial charge in [-0.1, -0.05) is 54.0 Å². The average molecular weight is 303 g/mol. The molecule has 100 valence electrons. The van der Waals surface area contributed by atoms with Crippen molar-refractivity contribution in [1.82, 2.24) is 9.78 Å². The first kappa shape index (κ1) is 13.2. The first-order valence-electron chi connectivity index (χ1n) is 6.15. The maximum absolute atomic E-state index is 6.31. The Morgan fingerprint density at radius 3 is 2.65 bits per heavy atom. The Balaban J connectivity index is 2.34. The van der Waals surface area contributed by atoms with Crippen molar-refractivity contribution in [3.8, 4) is 11.1 Å². The van der Waals surface area contributed by atoms with Crippen molar-refractivity contribution >= 4 is 40.2 Å². The highest BCUT2D eigenvalue weighted by Crippen LogP contribution is 2.35. The highest BCUT2D eigenvalue weighted by Gasteiger charge is 2.13. The van der Waals surface area contributed by atoms with Gasteiger partial charge < -0.3 is 0 Å². The number of benzene rings is 2. The Morgan fingerprint density at radius 1 is 1.15 bits per heavy atom. The molecular formula is C16H12Cl2N2. The molecule has 4 heteroatoms. The number of halogens is 2. The van der Waals surface area contributed by atoms with Gasteiger partial charge in [0.2, 0.25) is 0 Å². The number of aryl methyl sites for hydroxylation is 1. The maximum Gasteiger partial charge on any atom is 0.101 e. The van der Waals surface area contributed by atoms with E-state index in [9.17, 15) is 0 Å². The fraction of sp³-hybridized carbons (Fsp3) is 0.0625. The van der Waals surface area contributed by atoms with Gasteiger partial charge in [0.1, 0.15) is 5.52 Å². The lowest BCUT2D eigenvalue weighted by atomic mass is 10.0. The Morgan fingerprint density at radius 2 is 1.95 bits per heavy atom. The molecule has 0 fully saturated rings. The summed E-state index contributed by atoms with van der Waals surface area (Å²) in [5, 5.41) is 6.88. The molecule has 0 aliphatic heterocycles. The lowest BCUT2D eigenvalue weighted by Crippen LogP contribution is -1.91. The van der Waals surface area contributed by atoms with E-state index in [2.05, 4.69) is 11.7 Å². The van der Waals surface area contributed by atoms with Crippen LogP contribution in [0.25, 0.3) is 28.1 Å². The van der Waals surface area contributed by atoms with Crippen LogP contribution in [0.1, 0.15) is 5.69 Å². The summed E-state index contributed by atoms with van der Waals surface area (Å²) >= 11 is 12.3. The summed E-state index contributed by atoms with van der Waals surface area (Å²) in [5.74, 6) is 0. The summed E-state index contributed by atoms with van der Waals surface area (Å²) in [6.07, 6.45) is 1.81. The first-order valence-corrected chi connectivity index (χ1v) is 6.91. The van der Waals surface area contributed by atoms with E-state index in [0.29, 0.717) is 10.0 Å². The summed E-state index contributed by atoms with van der Waals surface area (Å²) in [6, 6.07) is 11.5. The zero-order valence-corrected chi connectivity index (χ0v) is 12.4. The van der Waals surface area contributed by atoms with Gasteiger partial charge in [0.15, 0.2) is 0 Å². The van der Waals surface area contributed by atoms with Crippen LogP contribution in [-0.2, 0) is 7.05 Å². The van der Waals surface area contributed by atoms with Gasteiger partial charge in [0.25, 0.3) is 0 Å². The normalized spacial score (nSPS) is 10.9. The van der Waals surface area contributed by atoms with E-state index in [1.807, 2.05) is 48.1 Å². The van der Waals surface area contributed by atoms with Crippen LogP contribution in [-0.4, -0.2) is 9.78 Å². The van der Waals surface area contributed by atoms with Crippen LogP contribution in [0.3, 0.4) is 0 Å². The summed E-state index contributed by atoms with van der Waals surface area (Å²) in [6.45, 7) is 3.84. The minimum atomic E-state index is 0.621. The SMILES string of the molecule is C=Cc1c2cccc(-c3ccc(Cl)cc3Cl)c2nn1C. The molecule has 1 heterocycles. The van der Waals surface area contributed by atoms with Crippen molar-refractivity contribution in [2.24, 2.45) is 7.05 Å². The second-order valence-corrected chi connectivity index (χ2v) is 5.38. The molecule has 0 spiro atoms. The lowest BCUT2D eigenvalue weighted by Gasteiger charge is -2.05. The molecule has 3 rings (SSSR count). The number of nitrogens with zero attached hydrogens (tertiary/aromatic N) is 2. The minimum absolute atomic E-state index is 0.621. The van der Waals surface area contributed by atoms with Crippen LogP contribution in [0, 0.1) is 0 Å². The van der Waals surface area contributed by atoms with E-state index in [4.69, 9.17) is 23.2 Å². The molecular weight excluding hydrogens is 291 g/mol. The molecule has 0 radical (unpaired) electrons. The summed E-state index contributed by atoms with van der Waals surface area (Å²) in [7, 11) is 1.91. The Hall–Kier alpha value is -1.77. The lowest BCUT2D eigenvalue weighted by molar-refractivity contribution is 0.771. The summed E-state index contributed by atoms with van der Waals surface area (Å²) < 4.78 is 1.82. The van der Waals surface area contributed by atoms with Crippen LogP contribution in [0.4, 0.5) is 0 Å². The fourth-order valence-electron chi connectivity index (χ4n) is 2.40. The monoisotopic (exact) mass is 302 g/mol. The molecule has 3 aromatic rings. The molecule has 20 heavy (non-hydrogen) atoms. The largest absolute Gasteiger partial charge is 0.267 e. The third kappa shape index (κ3) is 2.01. The third-order valence-electron chi connectivity index (χ3n) is 3.33. The molecule has 0 N–H and O–H groups in total. The number of hydrogen-bond acceptors (Lipinski definition) is 1. The molecule has 0 atom stereocenters. The van der Waals surface area contributed by atoms with Crippen LogP contribution in [0.5, 0.6) is 0 Å². The predicted octanol–water partition coefficient (Wildman–Crippen LogP) is 5.19. The van der Waals surface area contributed by atoms with E-state index in [0.717, 1.165) is 27.7 Å². The van der Waals surface area contributed by atoms with E-state index in [-0.39, 0.29) is 0 Å². The number of rotatable bonds is 2. The highest BCUT2D eigenvalue weighted by atomic mass is 35.5. The topological polar surface area (TPSA) is 17.8 Å². The predicted molar refractivity (Wildman–Crippen MR) is 86.3 cm³/mol. The fourth-order valence-corrected chi connectivity index (χ4v) is 2.91. The van der Waals surface area contributed by atoms with Gasteiger partial charge in [0.05, 0.1) is 5.69 Å². The van der Waals surface area contributed by atoms with Gasteiger partial charge in [-0.3, -0.25) is 4.68 Å². The zero-order chi connectivity index (χ0) is 14.3. The average Bonchev–Trinajstić information content (AvgIpc) is 2.74. The van der Waals surface area contributed by atoms with Gasteiger partial charge in [-0.15, -0.1) is 0 Å². The van der Waals surface area contributed by atoms with E-state index in [1.54, 1.807) is 6.07 Å². The Kier molecular flexibility index (Phi) is 3.28. The van der Waals surface area contributed by atoms with Crippen LogP contribution in [0.2, 0.25) is 10.0 Å². The molecule has 2 nitrogen and oxygen atoms in total. The van der Waals surface area contributed by atoms with E-state index in [1.165, 1.54) is 0 Å².